The Bertz CT molecular complexity index is 1640. The number of benzene rings is 4. The number of anilines is 2. The number of para-hydroxylation sites is 1. The van der Waals surface area contributed by atoms with Crippen molar-refractivity contribution < 1.29 is 13.6 Å². The van der Waals surface area contributed by atoms with Crippen molar-refractivity contribution in [3.8, 4) is 0 Å². The molecule has 0 atom stereocenters. The number of amides is 1. The Balaban J connectivity index is 0.000000440. The quantitative estimate of drug-likeness (QED) is 0.196. The van der Waals surface area contributed by atoms with Crippen LogP contribution in [0.1, 0.15) is 60.7 Å². The average Bonchev–Trinajstić information content (AvgIpc) is 3.04. The summed E-state index contributed by atoms with van der Waals surface area (Å²) in [5.41, 5.74) is 6.56. The third kappa shape index (κ3) is 8.94. The summed E-state index contributed by atoms with van der Waals surface area (Å²) in [5, 5.41) is 11.1. The molecule has 1 aliphatic rings. The standard InChI is InChI=1S/C30H33FN4O.C8H9F/c1-20(2)29(34-27-12-5-4-8-21(27)3)22-14-16-35(17-15-22)30(36)25-11-7-13-28(26(25)19-32)33-24-10-6-9-23(31)18-24;1-2-7-4-3-5-8(9)6-7/h4-13,18-20,22,32-33H,14-17H2,1-3H3;3-6H,2H2,1H3. The van der Waals surface area contributed by atoms with Gasteiger partial charge in [0.05, 0.1) is 11.3 Å². The molecular weight excluding hydrogens is 566 g/mol. The largest absolute Gasteiger partial charge is 0.355 e. The number of hydrogen-bond acceptors (Lipinski definition) is 4. The lowest BCUT2D eigenvalue weighted by molar-refractivity contribution is 0.0709. The topological polar surface area (TPSA) is 68.6 Å². The first-order valence-corrected chi connectivity index (χ1v) is 15.5. The molecule has 5 nitrogen and oxygen atoms in total. The smallest absolute Gasteiger partial charge is 0.254 e. The van der Waals surface area contributed by atoms with E-state index in [0.29, 0.717) is 47.4 Å². The van der Waals surface area contributed by atoms with Crippen molar-refractivity contribution in [3.05, 3.63) is 125 Å². The second kappa shape index (κ2) is 15.9. The number of nitrogens with one attached hydrogen (secondary N) is 2. The van der Waals surface area contributed by atoms with Crippen LogP contribution in [0, 0.1) is 35.8 Å². The molecule has 5 rings (SSSR count). The summed E-state index contributed by atoms with van der Waals surface area (Å²) < 4.78 is 26.0. The molecule has 45 heavy (non-hydrogen) atoms. The third-order valence-corrected chi connectivity index (χ3v) is 8.04. The van der Waals surface area contributed by atoms with Gasteiger partial charge in [-0.15, -0.1) is 0 Å². The van der Waals surface area contributed by atoms with Crippen LogP contribution in [0.3, 0.4) is 0 Å². The van der Waals surface area contributed by atoms with Crippen molar-refractivity contribution in [3.63, 3.8) is 0 Å². The first-order valence-electron chi connectivity index (χ1n) is 15.5. The third-order valence-electron chi connectivity index (χ3n) is 8.04. The second-order valence-electron chi connectivity index (χ2n) is 11.6. The molecule has 1 heterocycles. The SMILES string of the molecule is CCc1cccc(F)c1.Cc1ccccc1N=C(C(C)C)C1CCN(C(=O)c2cccc(Nc3cccc(F)c3)c2C=N)CC1. The van der Waals surface area contributed by atoms with Crippen LogP contribution in [-0.4, -0.2) is 35.8 Å². The van der Waals surface area contributed by atoms with Crippen LogP contribution < -0.4 is 5.32 Å². The van der Waals surface area contributed by atoms with Gasteiger partial charge in [-0.25, -0.2) is 8.78 Å². The Morgan fingerprint density at radius 1 is 0.956 bits per heavy atom. The van der Waals surface area contributed by atoms with Gasteiger partial charge in [-0.2, -0.15) is 0 Å². The number of piperidine rings is 1. The molecule has 1 fully saturated rings. The van der Waals surface area contributed by atoms with Crippen LogP contribution in [0.5, 0.6) is 0 Å². The summed E-state index contributed by atoms with van der Waals surface area (Å²) in [5.74, 6) is 0.0770. The second-order valence-corrected chi connectivity index (χ2v) is 11.6. The molecule has 2 N–H and O–H groups in total. The van der Waals surface area contributed by atoms with Gasteiger partial charge in [0.15, 0.2) is 0 Å². The molecule has 0 saturated carbocycles. The van der Waals surface area contributed by atoms with Crippen molar-refractivity contribution in [2.24, 2.45) is 16.8 Å². The van der Waals surface area contributed by atoms with Gasteiger partial charge < -0.3 is 15.6 Å². The van der Waals surface area contributed by atoms with Gasteiger partial charge in [0, 0.05) is 47.9 Å². The van der Waals surface area contributed by atoms with Crippen molar-refractivity contribution in [1.82, 2.24) is 4.90 Å². The monoisotopic (exact) mass is 608 g/mol. The van der Waals surface area contributed by atoms with Crippen molar-refractivity contribution in [1.29, 1.82) is 5.41 Å². The maximum atomic E-state index is 13.6. The molecule has 7 heteroatoms. The molecule has 234 valence electrons. The van der Waals surface area contributed by atoms with Gasteiger partial charge in [-0.05, 0) is 91.8 Å². The minimum absolute atomic E-state index is 0.0863. The zero-order chi connectivity index (χ0) is 32.3. The van der Waals surface area contributed by atoms with E-state index >= 15 is 0 Å². The molecule has 1 saturated heterocycles. The number of likely N-dealkylation sites (tertiary alicyclic amines) is 1. The Kier molecular flexibility index (Phi) is 11.7. The van der Waals surface area contributed by atoms with E-state index in [2.05, 4.69) is 38.2 Å². The van der Waals surface area contributed by atoms with Gasteiger partial charge in [0.2, 0.25) is 0 Å². The molecule has 0 radical (unpaired) electrons. The molecule has 4 aromatic carbocycles. The van der Waals surface area contributed by atoms with E-state index in [1.54, 1.807) is 42.5 Å². The number of nitrogens with zero attached hydrogens (tertiary/aromatic N) is 2. The minimum atomic E-state index is -0.349. The molecule has 0 bridgehead atoms. The summed E-state index contributed by atoms with van der Waals surface area (Å²) in [7, 11) is 0. The minimum Gasteiger partial charge on any atom is -0.355 e. The number of rotatable bonds is 8. The van der Waals surface area contributed by atoms with E-state index in [1.807, 2.05) is 30.0 Å². The lowest BCUT2D eigenvalue weighted by atomic mass is 9.86. The van der Waals surface area contributed by atoms with E-state index in [-0.39, 0.29) is 17.5 Å². The highest BCUT2D eigenvalue weighted by atomic mass is 19.1. The fourth-order valence-corrected chi connectivity index (χ4v) is 5.56. The lowest BCUT2D eigenvalue weighted by Gasteiger charge is -2.34. The summed E-state index contributed by atoms with van der Waals surface area (Å²) in [6, 6.07) is 26.3. The van der Waals surface area contributed by atoms with E-state index in [4.69, 9.17) is 10.4 Å². The fourth-order valence-electron chi connectivity index (χ4n) is 5.56. The van der Waals surface area contributed by atoms with Crippen LogP contribution in [0.2, 0.25) is 0 Å². The van der Waals surface area contributed by atoms with Crippen LogP contribution >= 0.6 is 0 Å². The first-order chi connectivity index (χ1) is 21.7. The highest BCUT2D eigenvalue weighted by molar-refractivity contribution is 6.05. The molecule has 0 spiro atoms. The molecule has 1 amide bonds. The normalized spacial score (nSPS) is 13.7. The van der Waals surface area contributed by atoms with Gasteiger partial charge in [0.1, 0.15) is 11.6 Å². The number of carbonyl (C=O) groups excluding carboxylic acids is 1. The predicted molar refractivity (Wildman–Crippen MR) is 182 cm³/mol. The van der Waals surface area contributed by atoms with Gasteiger partial charge >= 0.3 is 0 Å². The number of hydrogen-bond donors (Lipinski definition) is 2. The molecule has 0 aliphatic carbocycles. The number of aliphatic imine (C=N–C) groups is 1. The summed E-state index contributed by atoms with van der Waals surface area (Å²) in [4.78, 5) is 20.4. The fraction of sp³-hybridized carbons (Fsp3) is 0.289. The van der Waals surface area contributed by atoms with Crippen LogP contribution in [-0.2, 0) is 6.42 Å². The highest BCUT2D eigenvalue weighted by Gasteiger charge is 2.29. The molecule has 0 unspecified atom stereocenters. The van der Waals surface area contributed by atoms with Crippen molar-refractivity contribution in [2.45, 2.75) is 47.0 Å². The van der Waals surface area contributed by atoms with E-state index < -0.39 is 0 Å². The van der Waals surface area contributed by atoms with Crippen LogP contribution in [0.25, 0.3) is 0 Å². The first kappa shape index (κ1) is 33.2. The van der Waals surface area contributed by atoms with E-state index in [1.165, 1.54) is 30.1 Å². The maximum absolute atomic E-state index is 13.6. The number of carbonyl (C=O) groups is 1. The van der Waals surface area contributed by atoms with Gasteiger partial charge in [-0.1, -0.05) is 63.2 Å². The molecule has 1 aliphatic heterocycles. The summed E-state index contributed by atoms with van der Waals surface area (Å²) in [6.45, 7) is 9.74. The van der Waals surface area contributed by atoms with Crippen molar-refractivity contribution >= 4 is 34.9 Å². The zero-order valence-electron chi connectivity index (χ0n) is 26.5. The molecule has 0 aromatic heterocycles. The lowest BCUT2D eigenvalue weighted by Crippen LogP contribution is -2.41. The van der Waals surface area contributed by atoms with Crippen LogP contribution in [0.4, 0.5) is 25.8 Å². The Hall–Kier alpha value is -4.65. The number of aryl methyl sites for hydroxylation is 2. The van der Waals surface area contributed by atoms with Crippen molar-refractivity contribution in [2.75, 3.05) is 18.4 Å². The molecular formula is C38H42F2N4O. The Morgan fingerprint density at radius 2 is 1.62 bits per heavy atom. The predicted octanol–water partition coefficient (Wildman–Crippen LogP) is 9.54. The van der Waals surface area contributed by atoms with Gasteiger partial charge in [-0.3, -0.25) is 9.79 Å². The summed E-state index contributed by atoms with van der Waals surface area (Å²) >= 11 is 0. The van der Waals surface area contributed by atoms with E-state index in [9.17, 15) is 13.6 Å². The highest BCUT2D eigenvalue weighted by Crippen LogP contribution is 2.29. The van der Waals surface area contributed by atoms with Gasteiger partial charge in [0.25, 0.3) is 5.91 Å². The zero-order valence-corrected chi connectivity index (χ0v) is 26.5. The maximum Gasteiger partial charge on any atom is 0.254 e. The average molecular weight is 609 g/mol. The number of halogens is 2. The molecule has 4 aromatic rings. The Morgan fingerprint density at radius 3 is 2.22 bits per heavy atom. The van der Waals surface area contributed by atoms with E-state index in [0.717, 1.165) is 36.1 Å². The Labute approximate surface area is 265 Å². The van der Waals surface area contributed by atoms with Crippen LogP contribution in [0.15, 0.2) is 96.0 Å². The summed E-state index contributed by atoms with van der Waals surface area (Å²) in [6.07, 6.45) is 3.80.